The van der Waals surface area contributed by atoms with E-state index in [4.69, 9.17) is 0 Å². The fourth-order valence-corrected chi connectivity index (χ4v) is 4.88. The Balaban J connectivity index is 2.43. The lowest BCUT2D eigenvalue weighted by atomic mass is 10.1. The maximum Gasteiger partial charge on any atom is 0.244 e. The first-order valence-electron chi connectivity index (χ1n) is 11.8. The molecule has 2 aromatic rings. The van der Waals surface area contributed by atoms with Crippen LogP contribution in [0.4, 0.5) is 5.69 Å². The van der Waals surface area contributed by atoms with Crippen molar-refractivity contribution in [2.45, 2.75) is 59.5 Å². The number of unbranched alkanes of at least 4 members (excludes halogenated alkanes) is 1. The smallest absolute Gasteiger partial charge is 0.244 e. The van der Waals surface area contributed by atoms with Crippen LogP contribution in [0.5, 0.6) is 0 Å². The monoisotopic (exact) mass is 565 g/mol. The lowest BCUT2D eigenvalue weighted by Crippen LogP contribution is -2.52. The average molecular weight is 567 g/mol. The van der Waals surface area contributed by atoms with Gasteiger partial charge in [-0.3, -0.25) is 13.9 Å². The van der Waals surface area contributed by atoms with Gasteiger partial charge in [0, 0.05) is 17.6 Å². The van der Waals surface area contributed by atoms with Gasteiger partial charge in [-0.25, -0.2) is 8.42 Å². The predicted octanol–water partition coefficient (Wildman–Crippen LogP) is 4.56. The van der Waals surface area contributed by atoms with E-state index >= 15 is 0 Å². The maximum atomic E-state index is 13.7. The van der Waals surface area contributed by atoms with Crippen LogP contribution in [0.15, 0.2) is 46.9 Å². The van der Waals surface area contributed by atoms with Crippen molar-refractivity contribution >= 4 is 43.5 Å². The number of carbonyl (C=O) groups excluding carboxylic acids is 2. The van der Waals surface area contributed by atoms with Crippen LogP contribution in [0.1, 0.15) is 49.8 Å². The number of halogens is 1. The highest BCUT2D eigenvalue weighted by Crippen LogP contribution is 2.25. The van der Waals surface area contributed by atoms with Crippen molar-refractivity contribution in [1.29, 1.82) is 0 Å². The van der Waals surface area contributed by atoms with Gasteiger partial charge in [0.15, 0.2) is 0 Å². The average Bonchev–Trinajstić information content (AvgIpc) is 2.79. The van der Waals surface area contributed by atoms with Crippen LogP contribution in [0.2, 0.25) is 0 Å². The van der Waals surface area contributed by atoms with Crippen LogP contribution in [0.25, 0.3) is 0 Å². The second-order valence-electron chi connectivity index (χ2n) is 8.72. The summed E-state index contributed by atoms with van der Waals surface area (Å²) in [4.78, 5) is 28.3. The molecule has 2 rings (SSSR count). The third kappa shape index (κ3) is 8.07. The second kappa shape index (κ2) is 13.1. The summed E-state index contributed by atoms with van der Waals surface area (Å²) in [6, 6.07) is 12.1. The van der Waals surface area contributed by atoms with E-state index in [1.165, 1.54) is 4.90 Å². The molecular formula is C26H36BrN3O4S. The standard InChI is InChI=1S/C26H36BrN3O4S/c1-6-8-15-28-26(32)24(7-2)29(17-21-12-10-9-11-19(21)3)25(31)18-30(35(5,33)34)22-13-14-23(27)20(4)16-22/h9-14,16,24H,6-8,15,17-18H2,1-5H3,(H,28,32)/t24-/m0/s1. The summed E-state index contributed by atoms with van der Waals surface area (Å²) in [5.41, 5.74) is 3.15. The molecule has 0 aliphatic heterocycles. The number of rotatable bonds is 12. The summed E-state index contributed by atoms with van der Waals surface area (Å²) in [5.74, 6) is -0.662. The van der Waals surface area contributed by atoms with Crippen molar-refractivity contribution in [2.24, 2.45) is 0 Å². The summed E-state index contributed by atoms with van der Waals surface area (Å²) in [5, 5.41) is 2.93. The molecule has 0 aromatic heterocycles. The van der Waals surface area contributed by atoms with Crippen molar-refractivity contribution in [3.05, 3.63) is 63.6 Å². The largest absolute Gasteiger partial charge is 0.354 e. The van der Waals surface area contributed by atoms with Crippen molar-refractivity contribution < 1.29 is 18.0 Å². The maximum absolute atomic E-state index is 13.7. The number of hydrogen-bond acceptors (Lipinski definition) is 4. The molecule has 1 N–H and O–H groups in total. The summed E-state index contributed by atoms with van der Waals surface area (Å²) in [7, 11) is -3.76. The Labute approximate surface area is 218 Å². The molecule has 0 spiro atoms. The van der Waals surface area contributed by atoms with E-state index in [1.54, 1.807) is 18.2 Å². The normalized spacial score (nSPS) is 12.2. The lowest BCUT2D eigenvalue weighted by molar-refractivity contribution is -0.140. The molecule has 192 valence electrons. The molecule has 0 aliphatic rings. The van der Waals surface area contributed by atoms with Gasteiger partial charge in [-0.1, -0.05) is 60.5 Å². The van der Waals surface area contributed by atoms with Gasteiger partial charge in [0.05, 0.1) is 11.9 Å². The van der Waals surface area contributed by atoms with Crippen LogP contribution < -0.4 is 9.62 Å². The van der Waals surface area contributed by atoms with Crippen molar-refractivity contribution in [3.8, 4) is 0 Å². The van der Waals surface area contributed by atoms with Gasteiger partial charge in [-0.15, -0.1) is 0 Å². The predicted molar refractivity (Wildman–Crippen MR) is 145 cm³/mol. The van der Waals surface area contributed by atoms with E-state index in [9.17, 15) is 18.0 Å². The third-order valence-electron chi connectivity index (χ3n) is 5.93. The topological polar surface area (TPSA) is 86.8 Å². The Hall–Kier alpha value is -2.39. The summed E-state index contributed by atoms with van der Waals surface area (Å²) in [6.07, 6.45) is 3.28. The van der Waals surface area contributed by atoms with Gasteiger partial charge in [-0.05, 0) is 61.6 Å². The molecule has 2 aromatic carbocycles. The molecule has 0 saturated heterocycles. The number of hydrogen-bond donors (Lipinski definition) is 1. The van der Waals surface area contributed by atoms with Crippen LogP contribution >= 0.6 is 15.9 Å². The van der Waals surface area contributed by atoms with Crippen LogP contribution in [-0.2, 0) is 26.2 Å². The highest BCUT2D eigenvalue weighted by atomic mass is 79.9. The van der Waals surface area contributed by atoms with Crippen molar-refractivity contribution in [3.63, 3.8) is 0 Å². The Morgan fingerprint density at radius 2 is 1.74 bits per heavy atom. The van der Waals surface area contributed by atoms with Gasteiger partial charge in [0.1, 0.15) is 12.6 Å². The first kappa shape index (κ1) is 28.8. The molecule has 0 bridgehead atoms. The summed E-state index contributed by atoms with van der Waals surface area (Å²) < 4.78 is 27.4. The van der Waals surface area contributed by atoms with Crippen LogP contribution in [0, 0.1) is 13.8 Å². The number of nitrogens with zero attached hydrogens (tertiary/aromatic N) is 2. The molecule has 0 radical (unpaired) electrons. The van der Waals surface area contributed by atoms with Gasteiger partial charge in [0.25, 0.3) is 0 Å². The number of carbonyl (C=O) groups is 2. The molecule has 9 heteroatoms. The van der Waals surface area contributed by atoms with E-state index < -0.39 is 28.5 Å². The molecule has 0 fully saturated rings. The minimum absolute atomic E-state index is 0.210. The molecule has 1 atom stereocenters. The zero-order chi connectivity index (χ0) is 26.2. The van der Waals surface area contributed by atoms with Gasteiger partial charge >= 0.3 is 0 Å². The van der Waals surface area contributed by atoms with Crippen molar-refractivity contribution in [2.75, 3.05) is 23.7 Å². The quantitative estimate of drug-likeness (QED) is 0.382. The molecule has 2 amide bonds. The molecule has 7 nitrogen and oxygen atoms in total. The summed E-state index contributed by atoms with van der Waals surface area (Å²) >= 11 is 3.43. The minimum Gasteiger partial charge on any atom is -0.354 e. The van der Waals surface area contributed by atoms with Crippen LogP contribution in [-0.4, -0.2) is 50.5 Å². The van der Waals surface area contributed by atoms with E-state index in [1.807, 2.05) is 52.0 Å². The molecule has 0 heterocycles. The SMILES string of the molecule is CCCCNC(=O)[C@H](CC)N(Cc1ccccc1C)C(=O)CN(c1ccc(Br)c(C)c1)S(C)(=O)=O. The molecule has 0 saturated carbocycles. The fraction of sp³-hybridized carbons (Fsp3) is 0.462. The molecule has 0 unspecified atom stereocenters. The molecule has 0 aliphatic carbocycles. The van der Waals surface area contributed by atoms with Gasteiger partial charge in [-0.2, -0.15) is 0 Å². The number of sulfonamides is 1. The van der Waals surface area contributed by atoms with E-state index in [2.05, 4.69) is 21.2 Å². The lowest BCUT2D eigenvalue weighted by Gasteiger charge is -2.33. The number of anilines is 1. The first-order chi connectivity index (χ1) is 16.5. The number of amides is 2. The highest BCUT2D eigenvalue weighted by Gasteiger charge is 2.32. The summed E-state index contributed by atoms with van der Waals surface area (Å²) in [6.45, 7) is 8.05. The van der Waals surface area contributed by atoms with E-state index in [-0.39, 0.29) is 12.5 Å². The zero-order valence-corrected chi connectivity index (χ0v) is 23.6. The van der Waals surface area contributed by atoms with Crippen molar-refractivity contribution in [1.82, 2.24) is 10.2 Å². The van der Waals surface area contributed by atoms with E-state index in [0.717, 1.165) is 44.6 Å². The number of benzene rings is 2. The Kier molecular flexibility index (Phi) is 10.8. The molecular weight excluding hydrogens is 530 g/mol. The van der Waals surface area contributed by atoms with E-state index in [0.29, 0.717) is 18.7 Å². The second-order valence-corrected chi connectivity index (χ2v) is 11.5. The Morgan fingerprint density at radius 3 is 2.31 bits per heavy atom. The number of aryl methyl sites for hydroxylation is 2. The molecule has 35 heavy (non-hydrogen) atoms. The minimum atomic E-state index is -3.76. The first-order valence-corrected chi connectivity index (χ1v) is 14.5. The van der Waals surface area contributed by atoms with Gasteiger partial charge in [0.2, 0.25) is 21.8 Å². The fourth-order valence-electron chi connectivity index (χ4n) is 3.79. The third-order valence-corrected chi connectivity index (χ3v) is 7.96. The van der Waals surface area contributed by atoms with Crippen LogP contribution in [0.3, 0.4) is 0 Å². The zero-order valence-electron chi connectivity index (χ0n) is 21.2. The Morgan fingerprint density at radius 1 is 1.06 bits per heavy atom. The Bertz CT molecular complexity index is 1140. The van der Waals surface area contributed by atoms with Gasteiger partial charge < -0.3 is 10.2 Å². The number of nitrogens with one attached hydrogen (secondary N) is 1. The highest BCUT2D eigenvalue weighted by molar-refractivity contribution is 9.10.